The Morgan fingerprint density at radius 3 is 2.95 bits per heavy atom. The first-order chi connectivity index (χ1) is 9.08. The van der Waals surface area contributed by atoms with Crippen LogP contribution in [0.25, 0.3) is 16.8 Å². The van der Waals surface area contributed by atoms with Crippen LogP contribution in [0.4, 0.5) is 4.39 Å². The average molecular weight is 259 g/mol. The van der Waals surface area contributed by atoms with E-state index in [0.717, 1.165) is 0 Å². The lowest BCUT2D eigenvalue weighted by Gasteiger charge is -2.03. The number of rotatable bonds is 1. The number of hydrogen-bond donors (Lipinski definition) is 2. The van der Waals surface area contributed by atoms with Crippen LogP contribution < -0.4 is 5.56 Å². The molecule has 0 spiro atoms. The minimum atomic E-state index is -0.400. The van der Waals surface area contributed by atoms with Gasteiger partial charge in [-0.2, -0.15) is 9.61 Å². The molecule has 3 rings (SSSR count). The molecule has 0 saturated carbocycles. The second kappa shape index (κ2) is 3.94. The van der Waals surface area contributed by atoms with Crippen molar-refractivity contribution in [3.05, 3.63) is 52.2 Å². The van der Waals surface area contributed by atoms with Gasteiger partial charge in [-0.15, -0.1) is 0 Å². The van der Waals surface area contributed by atoms with Gasteiger partial charge in [-0.3, -0.25) is 4.79 Å². The maximum atomic E-state index is 13.2. The third kappa shape index (κ3) is 1.69. The molecule has 0 unspecified atom stereocenters. The minimum absolute atomic E-state index is 0.182. The number of nitrogens with zero attached hydrogens (tertiary/aromatic N) is 2. The van der Waals surface area contributed by atoms with Gasteiger partial charge < -0.3 is 10.1 Å². The fraction of sp³-hybridized carbons (Fsp3) is 0.0769. The Kier molecular flexibility index (Phi) is 2.38. The predicted octanol–water partition coefficient (Wildman–Crippen LogP) is 1.84. The molecule has 0 fully saturated rings. The molecule has 0 amide bonds. The van der Waals surface area contributed by atoms with Gasteiger partial charge in [0.15, 0.2) is 0 Å². The summed E-state index contributed by atoms with van der Waals surface area (Å²) < 4.78 is 14.5. The topological polar surface area (TPSA) is 70.4 Å². The highest BCUT2D eigenvalue weighted by molar-refractivity contribution is 5.77. The Labute approximate surface area is 107 Å². The zero-order chi connectivity index (χ0) is 13.6. The SMILES string of the molecule is Cc1c(O)n2ncc(-c3cccc(F)c3)c2[nH]c1=O. The van der Waals surface area contributed by atoms with E-state index in [1.54, 1.807) is 12.1 Å². The number of benzene rings is 1. The summed E-state index contributed by atoms with van der Waals surface area (Å²) in [6.45, 7) is 1.50. The molecule has 2 N–H and O–H groups in total. The second-order valence-corrected chi connectivity index (χ2v) is 4.23. The number of aromatic hydroxyl groups is 1. The van der Waals surface area contributed by atoms with E-state index in [1.807, 2.05) is 0 Å². The van der Waals surface area contributed by atoms with Crippen LogP contribution in [0.5, 0.6) is 5.88 Å². The fourth-order valence-electron chi connectivity index (χ4n) is 1.96. The number of aromatic nitrogens is 3. The molecule has 19 heavy (non-hydrogen) atoms. The molecule has 0 radical (unpaired) electrons. The molecule has 96 valence electrons. The lowest BCUT2D eigenvalue weighted by Crippen LogP contribution is -2.12. The summed E-state index contributed by atoms with van der Waals surface area (Å²) >= 11 is 0. The van der Waals surface area contributed by atoms with Crippen molar-refractivity contribution in [2.75, 3.05) is 0 Å². The highest BCUT2D eigenvalue weighted by Gasteiger charge is 2.13. The molecule has 3 aromatic rings. The van der Waals surface area contributed by atoms with Crippen LogP contribution in [0.15, 0.2) is 35.3 Å². The largest absolute Gasteiger partial charge is 0.493 e. The molecule has 0 aliphatic carbocycles. The molecule has 0 atom stereocenters. The summed E-state index contributed by atoms with van der Waals surface area (Å²) in [4.78, 5) is 14.3. The van der Waals surface area contributed by atoms with Crippen molar-refractivity contribution in [1.29, 1.82) is 0 Å². The van der Waals surface area contributed by atoms with E-state index in [4.69, 9.17) is 0 Å². The second-order valence-electron chi connectivity index (χ2n) is 4.23. The van der Waals surface area contributed by atoms with Gasteiger partial charge in [-0.1, -0.05) is 12.1 Å². The summed E-state index contributed by atoms with van der Waals surface area (Å²) in [5.41, 5.74) is 1.24. The van der Waals surface area contributed by atoms with E-state index in [1.165, 1.54) is 29.8 Å². The first kappa shape index (κ1) is 11.5. The first-order valence-corrected chi connectivity index (χ1v) is 5.63. The van der Waals surface area contributed by atoms with Gasteiger partial charge in [-0.25, -0.2) is 4.39 Å². The van der Waals surface area contributed by atoms with Crippen molar-refractivity contribution < 1.29 is 9.50 Å². The summed E-state index contributed by atoms with van der Waals surface area (Å²) in [7, 11) is 0. The highest BCUT2D eigenvalue weighted by atomic mass is 19.1. The number of fused-ring (bicyclic) bond motifs is 1. The Bertz CT molecular complexity index is 836. The fourth-order valence-corrected chi connectivity index (χ4v) is 1.96. The maximum absolute atomic E-state index is 13.2. The average Bonchev–Trinajstić information content (AvgIpc) is 2.80. The van der Waals surface area contributed by atoms with Crippen LogP contribution in [0, 0.1) is 12.7 Å². The summed E-state index contributed by atoms with van der Waals surface area (Å²) in [5, 5.41) is 13.9. The number of halogens is 1. The van der Waals surface area contributed by atoms with E-state index >= 15 is 0 Å². The van der Waals surface area contributed by atoms with Crippen LogP contribution in [-0.4, -0.2) is 19.7 Å². The van der Waals surface area contributed by atoms with Crippen LogP contribution in [0.3, 0.4) is 0 Å². The molecular formula is C13H10FN3O2. The number of hydrogen-bond acceptors (Lipinski definition) is 3. The Morgan fingerprint density at radius 2 is 2.21 bits per heavy atom. The van der Waals surface area contributed by atoms with E-state index in [-0.39, 0.29) is 17.3 Å². The summed E-state index contributed by atoms with van der Waals surface area (Å²) in [5.74, 6) is -0.600. The van der Waals surface area contributed by atoms with E-state index in [2.05, 4.69) is 10.1 Å². The molecule has 0 aliphatic rings. The lowest BCUT2D eigenvalue weighted by molar-refractivity contribution is 0.429. The van der Waals surface area contributed by atoms with Crippen LogP contribution in [0.1, 0.15) is 5.56 Å². The quantitative estimate of drug-likeness (QED) is 0.700. The molecule has 0 bridgehead atoms. The third-order valence-corrected chi connectivity index (χ3v) is 3.01. The zero-order valence-electron chi connectivity index (χ0n) is 10.0. The molecule has 6 heteroatoms. The van der Waals surface area contributed by atoms with E-state index < -0.39 is 5.56 Å². The zero-order valence-corrected chi connectivity index (χ0v) is 10.0. The van der Waals surface area contributed by atoms with Gasteiger partial charge in [-0.05, 0) is 24.6 Å². The van der Waals surface area contributed by atoms with Gasteiger partial charge in [0.25, 0.3) is 5.56 Å². The summed E-state index contributed by atoms with van der Waals surface area (Å²) in [6.07, 6.45) is 1.47. The number of H-pyrrole nitrogens is 1. The molecular weight excluding hydrogens is 249 g/mol. The Hall–Kier alpha value is -2.63. The lowest BCUT2D eigenvalue weighted by atomic mass is 10.1. The van der Waals surface area contributed by atoms with Gasteiger partial charge in [0.05, 0.1) is 11.8 Å². The third-order valence-electron chi connectivity index (χ3n) is 3.01. The number of nitrogens with one attached hydrogen (secondary N) is 1. The monoisotopic (exact) mass is 259 g/mol. The molecule has 0 aliphatic heterocycles. The van der Waals surface area contributed by atoms with Crippen LogP contribution >= 0.6 is 0 Å². The molecule has 2 aromatic heterocycles. The maximum Gasteiger partial charge on any atom is 0.257 e. The van der Waals surface area contributed by atoms with Gasteiger partial charge in [0.2, 0.25) is 5.88 Å². The first-order valence-electron chi connectivity index (χ1n) is 5.63. The molecule has 0 saturated heterocycles. The Balaban J connectivity index is 2.35. The van der Waals surface area contributed by atoms with Crippen molar-refractivity contribution in [2.24, 2.45) is 0 Å². The highest BCUT2D eigenvalue weighted by Crippen LogP contribution is 2.25. The van der Waals surface area contributed by atoms with Crippen molar-refractivity contribution in [3.8, 4) is 17.0 Å². The Morgan fingerprint density at radius 1 is 1.42 bits per heavy atom. The van der Waals surface area contributed by atoms with Crippen molar-refractivity contribution in [2.45, 2.75) is 6.92 Å². The van der Waals surface area contributed by atoms with Crippen molar-refractivity contribution in [3.63, 3.8) is 0 Å². The van der Waals surface area contributed by atoms with Gasteiger partial charge in [0, 0.05) is 5.56 Å². The molecule has 2 heterocycles. The molecule has 5 nitrogen and oxygen atoms in total. The van der Waals surface area contributed by atoms with Crippen molar-refractivity contribution in [1.82, 2.24) is 14.6 Å². The van der Waals surface area contributed by atoms with Crippen LogP contribution in [0.2, 0.25) is 0 Å². The minimum Gasteiger partial charge on any atom is -0.493 e. The molecule has 1 aromatic carbocycles. The smallest absolute Gasteiger partial charge is 0.257 e. The number of aromatic amines is 1. The van der Waals surface area contributed by atoms with Crippen molar-refractivity contribution >= 4 is 5.65 Å². The summed E-state index contributed by atoms with van der Waals surface area (Å²) in [6, 6.07) is 5.95. The normalized spacial score (nSPS) is 11.1. The predicted molar refractivity (Wildman–Crippen MR) is 67.6 cm³/mol. The van der Waals surface area contributed by atoms with E-state index in [0.29, 0.717) is 16.8 Å². The van der Waals surface area contributed by atoms with Gasteiger partial charge >= 0.3 is 0 Å². The van der Waals surface area contributed by atoms with E-state index in [9.17, 15) is 14.3 Å². The van der Waals surface area contributed by atoms with Crippen LogP contribution in [-0.2, 0) is 0 Å². The standard InChI is InChI=1S/C13H10FN3O2/c1-7-12(18)16-11-10(6-15-17(11)13(7)19)8-3-2-4-9(14)5-8/h2-6,19H,1H3,(H,16,18). The van der Waals surface area contributed by atoms with Gasteiger partial charge in [0.1, 0.15) is 11.5 Å².